The van der Waals surface area contributed by atoms with Gasteiger partial charge in [-0.2, -0.15) is 0 Å². The summed E-state index contributed by atoms with van der Waals surface area (Å²) in [6.07, 6.45) is -4.46. The fourth-order valence-corrected chi connectivity index (χ4v) is 2.38. The molecule has 1 aromatic rings. The molecule has 1 aliphatic rings. The van der Waals surface area contributed by atoms with Crippen LogP contribution in [0.5, 0.6) is 5.75 Å². The number of benzene rings is 1. The standard InChI is InChI=1S/C15H19NO7/c1-8(19)16-12-14(21)13(20)11(7-18)23-15(12)22-10-5-3-2-4-9(10)6-17/h2-6,11-15,18,20-21H,7H2,1H3,(H,16,19)/t11-,12-,13+,14+,15-/m0/s1. The van der Waals surface area contributed by atoms with E-state index in [0.717, 1.165) is 0 Å². The van der Waals surface area contributed by atoms with Crippen molar-refractivity contribution in [2.75, 3.05) is 6.61 Å². The van der Waals surface area contributed by atoms with E-state index in [1.165, 1.54) is 19.1 Å². The van der Waals surface area contributed by atoms with Gasteiger partial charge in [-0.05, 0) is 12.1 Å². The average molecular weight is 325 g/mol. The predicted molar refractivity (Wildman–Crippen MR) is 77.8 cm³/mol. The van der Waals surface area contributed by atoms with Crippen molar-refractivity contribution in [1.29, 1.82) is 0 Å². The van der Waals surface area contributed by atoms with Crippen molar-refractivity contribution in [3.05, 3.63) is 29.8 Å². The molecule has 126 valence electrons. The van der Waals surface area contributed by atoms with Gasteiger partial charge in [0.2, 0.25) is 12.2 Å². The van der Waals surface area contributed by atoms with Crippen LogP contribution in [0.25, 0.3) is 0 Å². The lowest BCUT2D eigenvalue weighted by Gasteiger charge is -2.42. The second-order valence-corrected chi connectivity index (χ2v) is 5.21. The summed E-state index contributed by atoms with van der Waals surface area (Å²) in [5.41, 5.74) is 0.263. The van der Waals surface area contributed by atoms with Gasteiger partial charge in [0.05, 0.1) is 12.2 Å². The van der Waals surface area contributed by atoms with E-state index in [2.05, 4.69) is 5.32 Å². The first-order valence-electron chi connectivity index (χ1n) is 7.08. The Bertz CT molecular complexity index is 565. The molecule has 0 aromatic heterocycles. The van der Waals surface area contributed by atoms with Gasteiger partial charge >= 0.3 is 0 Å². The van der Waals surface area contributed by atoms with Gasteiger partial charge in [-0.1, -0.05) is 12.1 Å². The Morgan fingerprint density at radius 2 is 2.04 bits per heavy atom. The minimum atomic E-state index is -1.40. The van der Waals surface area contributed by atoms with Crippen molar-refractivity contribution < 1.29 is 34.4 Å². The lowest BCUT2D eigenvalue weighted by molar-refractivity contribution is -0.244. The molecule has 1 aliphatic heterocycles. The first kappa shape index (κ1) is 17.4. The molecular weight excluding hydrogens is 306 g/mol. The average Bonchev–Trinajstić information content (AvgIpc) is 2.54. The molecule has 1 saturated heterocycles. The molecule has 0 radical (unpaired) electrons. The largest absolute Gasteiger partial charge is 0.462 e. The number of aliphatic hydroxyl groups is 3. The number of aliphatic hydroxyl groups excluding tert-OH is 3. The molecule has 1 amide bonds. The molecule has 1 heterocycles. The van der Waals surface area contributed by atoms with E-state index in [1.54, 1.807) is 12.1 Å². The minimum absolute atomic E-state index is 0.197. The van der Waals surface area contributed by atoms with Crippen LogP contribution in [0.15, 0.2) is 24.3 Å². The van der Waals surface area contributed by atoms with Crippen LogP contribution in [-0.2, 0) is 9.53 Å². The second kappa shape index (κ2) is 7.51. The van der Waals surface area contributed by atoms with Crippen LogP contribution in [0.3, 0.4) is 0 Å². The summed E-state index contributed by atoms with van der Waals surface area (Å²) in [5, 5.41) is 31.7. The molecular formula is C15H19NO7. The number of para-hydroxylation sites is 1. The van der Waals surface area contributed by atoms with Crippen LogP contribution in [0.2, 0.25) is 0 Å². The van der Waals surface area contributed by atoms with Crippen molar-refractivity contribution in [2.24, 2.45) is 0 Å². The van der Waals surface area contributed by atoms with E-state index >= 15 is 0 Å². The summed E-state index contributed by atoms with van der Waals surface area (Å²) in [7, 11) is 0. The van der Waals surface area contributed by atoms with E-state index in [0.29, 0.717) is 6.29 Å². The number of rotatable bonds is 5. The molecule has 0 saturated carbocycles. The van der Waals surface area contributed by atoms with Gasteiger partial charge < -0.3 is 30.1 Å². The third-order valence-corrected chi connectivity index (χ3v) is 3.54. The number of carbonyl (C=O) groups excluding carboxylic acids is 2. The number of carbonyl (C=O) groups is 2. The van der Waals surface area contributed by atoms with Crippen molar-refractivity contribution in [1.82, 2.24) is 5.32 Å². The fraction of sp³-hybridized carbons (Fsp3) is 0.467. The fourth-order valence-electron chi connectivity index (χ4n) is 2.38. The minimum Gasteiger partial charge on any atom is -0.462 e. The second-order valence-electron chi connectivity index (χ2n) is 5.21. The predicted octanol–water partition coefficient (Wildman–Crippen LogP) is -1.18. The zero-order chi connectivity index (χ0) is 17.0. The normalized spacial score (nSPS) is 30.5. The smallest absolute Gasteiger partial charge is 0.223 e. The summed E-state index contributed by atoms with van der Waals surface area (Å²) in [6, 6.07) is 5.30. The molecule has 5 atom stereocenters. The zero-order valence-corrected chi connectivity index (χ0v) is 12.5. The molecule has 0 unspecified atom stereocenters. The van der Waals surface area contributed by atoms with Gasteiger partial charge in [-0.15, -0.1) is 0 Å². The Kier molecular flexibility index (Phi) is 5.67. The Hall–Kier alpha value is -2.00. The first-order valence-corrected chi connectivity index (χ1v) is 7.08. The number of nitrogens with one attached hydrogen (secondary N) is 1. The maximum Gasteiger partial charge on any atom is 0.223 e. The number of ether oxygens (including phenoxy) is 2. The van der Waals surface area contributed by atoms with Crippen LogP contribution in [0, 0.1) is 0 Å². The van der Waals surface area contributed by atoms with E-state index in [9.17, 15) is 24.9 Å². The van der Waals surface area contributed by atoms with E-state index in [-0.39, 0.29) is 11.3 Å². The molecule has 8 heteroatoms. The van der Waals surface area contributed by atoms with Crippen LogP contribution in [0.1, 0.15) is 17.3 Å². The van der Waals surface area contributed by atoms with Gasteiger partial charge in [0.15, 0.2) is 6.29 Å². The Balaban J connectivity index is 2.27. The SMILES string of the molecule is CC(=O)N[C@@H]1[C@@H](Oc2ccccc2C=O)O[C@@H](CO)[C@@H](O)[C@@H]1O. The third-order valence-electron chi connectivity index (χ3n) is 3.54. The Morgan fingerprint density at radius 3 is 2.65 bits per heavy atom. The zero-order valence-electron chi connectivity index (χ0n) is 12.5. The van der Waals surface area contributed by atoms with Gasteiger partial charge in [0.25, 0.3) is 0 Å². The first-order chi connectivity index (χ1) is 11.0. The van der Waals surface area contributed by atoms with Crippen LogP contribution in [0.4, 0.5) is 0 Å². The van der Waals surface area contributed by atoms with E-state index in [4.69, 9.17) is 9.47 Å². The highest BCUT2D eigenvalue weighted by atomic mass is 16.7. The van der Waals surface area contributed by atoms with Crippen LogP contribution >= 0.6 is 0 Å². The molecule has 0 aliphatic carbocycles. The molecule has 1 aromatic carbocycles. The number of amides is 1. The van der Waals surface area contributed by atoms with Gasteiger partial charge in [0, 0.05) is 6.92 Å². The van der Waals surface area contributed by atoms with Crippen molar-refractivity contribution in [2.45, 2.75) is 37.6 Å². The van der Waals surface area contributed by atoms with E-state index in [1.807, 2.05) is 0 Å². The summed E-state index contributed by atoms with van der Waals surface area (Å²) in [5.74, 6) is -0.257. The molecule has 8 nitrogen and oxygen atoms in total. The maximum absolute atomic E-state index is 11.3. The van der Waals surface area contributed by atoms with Crippen LogP contribution < -0.4 is 10.1 Å². The monoisotopic (exact) mass is 325 g/mol. The summed E-state index contributed by atoms with van der Waals surface area (Å²) in [6.45, 7) is 0.702. The number of hydrogen-bond donors (Lipinski definition) is 4. The van der Waals surface area contributed by atoms with Gasteiger partial charge in [-0.3, -0.25) is 9.59 Å². The number of hydrogen-bond acceptors (Lipinski definition) is 7. The lowest BCUT2D eigenvalue weighted by atomic mass is 9.97. The van der Waals surface area contributed by atoms with E-state index < -0.39 is 43.2 Å². The van der Waals surface area contributed by atoms with Crippen LogP contribution in [-0.4, -0.2) is 64.8 Å². The maximum atomic E-state index is 11.3. The molecule has 0 bridgehead atoms. The number of aldehydes is 1. The molecule has 23 heavy (non-hydrogen) atoms. The Labute approximate surface area is 132 Å². The van der Waals surface area contributed by atoms with Crippen molar-refractivity contribution in [3.63, 3.8) is 0 Å². The quantitative estimate of drug-likeness (QED) is 0.502. The van der Waals surface area contributed by atoms with Crippen molar-refractivity contribution in [3.8, 4) is 5.75 Å². The van der Waals surface area contributed by atoms with Crippen molar-refractivity contribution >= 4 is 12.2 Å². The topological polar surface area (TPSA) is 125 Å². The summed E-state index contributed by atoms with van der Waals surface area (Å²) < 4.78 is 11.0. The highest BCUT2D eigenvalue weighted by Crippen LogP contribution is 2.26. The molecule has 2 rings (SSSR count). The molecule has 4 N–H and O–H groups in total. The highest BCUT2D eigenvalue weighted by Gasteiger charge is 2.46. The highest BCUT2D eigenvalue weighted by molar-refractivity contribution is 5.79. The molecule has 1 fully saturated rings. The van der Waals surface area contributed by atoms with Gasteiger partial charge in [0.1, 0.15) is 30.1 Å². The third kappa shape index (κ3) is 3.85. The molecule has 0 spiro atoms. The summed E-state index contributed by atoms with van der Waals surface area (Å²) in [4.78, 5) is 22.4. The van der Waals surface area contributed by atoms with Gasteiger partial charge in [-0.25, -0.2) is 0 Å². The lowest BCUT2D eigenvalue weighted by Crippen LogP contribution is -2.65. The Morgan fingerprint density at radius 1 is 1.35 bits per heavy atom. The summed E-state index contributed by atoms with van der Waals surface area (Å²) >= 11 is 0.